The van der Waals surface area contributed by atoms with Gasteiger partial charge in [0.15, 0.2) is 0 Å². The molecule has 2 aliphatic rings. The van der Waals surface area contributed by atoms with Crippen LogP contribution < -0.4 is 5.32 Å². The molecule has 2 fully saturated rings. The predicted molar refractivity (Wildman–Crippen MR) is 47.9 cm³/mol. The Balaban J connectivity index is 1.91. The van der Waals surface area contributed by atoms with Gasteiger partial charge in [0.05, 0.1) is 0 Å². The Morgan fingerprint density at radius 3 is 2.83 bits per heavy atom. The third kappa shape index (κ3) is 1.53. The number of carbonyl (C=O) groups is 1. The number of hydrogen-bond acceptors (Lipinski definition) is 2. The van der Waals surface area contributed by atoms with Gasteiger partial charge in [-0.25, -0.2) is 0 Å². The van der Waals surface area contributed by atoms with Crippen LogP contribution in [0.2, 0.25) is 0 Å². The highest BCUT2D eigenvalue weighted by molar-refractivity contribution is 5.85. The van der Waals surface area contributed by atoms with Gasteiger partial charge in [-0.15, -0.1) is 0 Å². The maximum atomic E-state index is 11.8. The van der Waals surface area contributed by atoms with Gasteiger partial charge in [0, 0.05) is 18.4 Å². The second-order valence-corrected chi connectivity index (χ2v) is 4.56. The molecule has 0 aromatic rings. The average Bonchev–Trinajstić information content (AvgIpc) is 2.73. The molecule has 1 heterocycles. The SMILES string of the molecule is CC1(C(=O)CC2CC2)CCNC1. The summed E-state index contributed by atoms with van der Waals surface area (Å²) in [5.41, 5.74) is -0.0252. The van der Waals surface area contributed by atoms with E-state index in [1.807, 2.05) is 0 Å². The summed E-state index contributed by atoms with van der Waals surface area (Å²) in [4.78, 5) is 11.8. The van der Waals surface area contributed by atoms with E-state index in [0.29, 0.717) is 5.78 Å². The van der Waals surface area contributed by atoms with Gasteiger partial charge in [-0.1, -0.05) is 6.92 Å². The van der Waals surface area contributed by atoms with Crippen LogP contribution in [0.5, 0.6) is 0 Å². The summed E-state index contributed by atoms with van der Waals surface area (Å²) >= 11 is 0. The normalized spacial score (nSPS) is 35.4. The second-order valence-electron chi connectivity index (χ2n) is 4.56. The van der Waals surface area contributed by atoms with Crippen molar-refractivity contribution in [2.75, 3.05) is 13.1 Å². The summed E-state index contributed by atoms with van der Waals surface area (Å²) in [7, 11) is 0. The Hall–Kier alpha value is -0.370. The highest BCUT2D eigenvalue weighted by atomic mass is 16.1. The molecule has 0 radical (unpaired) electrons. The molecule has 2 nitrogen and oxygen atoms in total. The van der Waals surface area contributed by atoms with Crippen LogP contribution in [0.3, 0.4) is 0 Å². The Morgan fingerprint density at radius 2 is 2.33 bits per heavy atom. The van der Waals surface area contributed by atoms with Crippen molar-refractivity contribution < 1.29 is 4.79 Å². The highest BCUT2D eigenvalue weighted by Gasteiger charge is 2.38. The van der Waals surface area contributed by atoms with Crippen molar-refractivity contribution >= 4 is 5.78 Å². The maximum absolute atomic E-state index is 11.8. The van der Waals surface area contributed by atoms with Crippen molar-refractivity contribution in [2.45, 2.75) is 32.6 Å². The number of Topliss-reactive ketones (excluding diaryl/α,β-unsaturated/α-hetero) is 1. The molecule has 1 saturated heterocycles. The van der Waals surface area contributed by atoms with Crippen LogP contribution in [0.1, 0.15) is 32.6 Å². The van der Waals surface area contributed by atoms with Crippen molar-refractivity contribution in [1.29, 1.82) is 0 Å². The van der Waals surface area contributed by atoms with E-state index >= 15 is 0 Å². The molecular weight excluding hydrogens is 150 g/mol. The number of rotatable bonds is 3. The van der Waals surface area contributed by atoms with Crippen LogP contribution in [0, 0.1) is 11.3 Å². The monoisotopic (exact) mass is 167 g/mol. The van der Waals surface area contributed by atoms with Crippen LogP contribution in [0.4, 0.5) is 0 Å². The van der Waals surface area contributed by atoms with Crippen LogP contribution >= 0.6 is 0 Å². The van der Waals surface area contributed by atoms with Crippen LogP contribution in [0.25, 0.3) is 0 Å². The maximum Gasteiger partial charge on any atom is 0.140 e. The molecule has 1 atom stereocenters. The Labute approximate surface area is 73.7 Å². The molecule has 1 N–H and O–H groups in total. The molecule has 0 spiro atoms. The number of nitrogens with one attached hydrogen (secondary N) is 1. The molecule has 2 heteroatoms. The van der Waals surface area contributed by atoms with Crippen LogP contribution in [-0.2, 0) is 4.79 Å². The van der Waals surface area contributed by atoms with Crippen molar-refractivity contribution in [3.05, 3.63) is 0 Å². The summed E-state index contributed by atoms with van der Waals surface area (Å²) in [6.07, 6.45) is 4.46. The fourth-order valence-corrected chi connectivity index (χ4v) is 1.89. The molecule has 0 aromatic heterocycles. The lowest BCUT2D eigenvalue weighted by atomic mass is 9.82. The van der Waals surface area contributed by atoms with Crippen molar-refractivity contribution in [1.82, 2.24) is 5.32 Å². The molecule has 1 aliphatic carbocycles. The zero-order chi connectivity index (χ0) is 8.60. The fourth-order valence-electron chi connectivity index (χ4n) is 1.89. The summed E-state index contributed by atoms with van der Waals surface area (Å²) in [6.45, 7) is 4.03. The quantitative estimate of drug-likeness (QED) is 0.687. The Morgan fingerprint density at radius 1 is 1.58 bits per heavy atom. The molecule has 68 valence electrons. The first-order valence-electron chi connectivity index (χ1n) is 4.95. The lowest BCUT2D eigenvalue weighted by Crippen LogP contribution is -2.30. The Kier molecular flexibility index (Phi) is 1.95. The summed E-state index contributed by atoms with van der Waals surface area (Å²) in [6, 6.07) is 0. The number of hydrogen-bond donors (Lipinski definition) is 1. The van der Waals surface area contributed by atoms with E-state index in [2.05, 4.69) is 12.2 Å². The van der Waals surface area contributed by atoms with Crippen molar-refractivity contribution in [3.63, 3.8) is 0 Å². The molecule has 2 rings (SSSR count). The van der Waals surface area contributed by atoms with Gasteiger partial charge >= 0.3 is 0 Å². The van der Waals surface area contributed by atoms with Gasteiger partial charge in [0.1, 0.15) is 5.78 Å². The van der Waals surface area contributed by atoms with Gasteiger partial charge in [0.25, 0.3) is 0 Å². The lowest BCUT2D eigenvalue weighted by Gasteiger charge is -2.20. The van der Waals surface area contributed by atoms with Gasteiger partial charge in [0.2, 0.25) is 0 Å². The van der Waals surface area contributed by atoms with Crippen LogP contribution in [-0.4, -0.2) is 18.9 Å². The highest BCUT2D eigenvalue weighted by Crippen LogP contribution is 2.37. The number of ketones is 1. The van der Waals surface area contributed by atoms with Gasteiger partial charge < -0.3 is 5.32 Å². The first-order valence-corrected chi connectivity index (χ1v) is 4.95. The largest absolute Gasteiger partial charge is 0.316 e. The van der Waals surface area contributed by atoms with E-state index in [1.54, 1.807) is 0 Å². The minimum Gasteiger partial charge on any atom is -0.316 e. The minimum atomic E-state index is -0.0252. The second kappa shape index (κ2) is 2.84. The van der Waals surface area contributed by atoms with E-state index < -0.39 is 0 Å². The molecule has 1 unspecified atom stereocenters. The minimum absolute atomic E-state index is 0.0252. The zero-order valence-corrected chi connectivity index (χ0v) is 7.73. The average molecular weight is 167 g/mol. The molecule has 12 heavy (non-hydrogen) atoms. The first-order chi connectivity index (χ1) is 5.71. The van der Waals surface area contributed by atoms with Gasteiger partial charge in [-0.3, -0.25) is 4.79 Å². The zero-order valence-electron chi connectivity index (χ0n) is 7.73. The first kappa shape index (κ1) is 8.24. The van der Waals surface area contributed by atoms with E-state index in [4.69, 9.17) is 0 Å². The van der Waals surface area contributed by atoms with Crippen molar-refractivity contribution in [3.8, 4) is 0 Å². The van der Waals surface area contributed by atoms with Gasteiger partial charge in [-0.05, 0) is 31.7 Å². The van der Waals surface area contributed by atoms with Gasteiger partial charge in [-0.2, -0.15) is 0 Å². The lowest BCUT2D eigenvalue weighted by molar-refractivity contribution is -0.127. The molecule has 1 aliphatic heterocycles. The predicted octanol–water partition coefficient (Wildman–Crippen LogP) is 1.36. The standard InChI is InChI=1S/C10H17NO/c1-10(4-5-11-7-10)9(12)6-8-2-3-8/h8,11H,2-7H2,1H3. The smallest absolute Gasteiger partial charge is 0.140 e. The topological polar surface area (TPSA) is 29.1 Å². The summed E-state index contributed by atoms with van der Waals surface area (Å²) < 4.78 is 0. The van der Waals surface area contributed by atoms with E-state index in [0.717, 1.165) is 31.8 Å². The molecule has 0 amide bonds. The van der Waals surface area contributed by atoms with E-state index in [-0.39, 0.29) is 5.41 Å². The fraction of sp³-hybridized carbons (Fsp3) is 0.900. The van der Waals surface area contributed by atoms with Crippen LogP contribution in [0.15, 0.2) is 0 Å². The summed E-state index contributed by atoms with van der Waals surface area (Å²) in [5, 5.41) is 3.27. The molecular formula is C10H17NO. The Bertz CT molecular complexity index is 190. The molecule has 1 saturated carbocycles. The third-order valence-electron chi connectivity index (χ3n) is 3.21. The van der Waals surface area contributed by atoms with Crippen molar-refractivity contribution in [2.24, 2.45) is 11.3 Å². The molecule has 0 bridgehead atoms. The number of carbonyl (C=O) groups excluding carboxylic acids is 1. The summed E-state index contributed by atoms with van der Waals surface area (Å²) in [5.74, 6) is 1.24. The van der Waals surface area contributed by atoms with E-state index in [1.165, 1.54) is 12.8 Å². The van der Waals surface area contributed by atoms with E-state index in [9.17, 15) is 4.79 Å². The third-order valence-corrected chi connectivity index (χ3v) is 3.21. The molecule has 0 aromatic carbocycles.